The largest absolute Gasteiger partial charge is 0.484 e. The number of anilines is 1. The van der Waals surface area contributed by atoms with Gasteiger partial charge < -0.3 is 20.1 Å². The van der Waals surface area contributed by atoms with Crippen LogP contribution in [0.2, 0.25) is 0 Å². The summed E-state index contributed by atoms with van der Waals surface area (Å²) < 4.78 is 5.45. The number of amides is 2. The number of carbonyl (C=O) groups excluding carboxylic acids is 2. The fourth-order valence-electron chi connectivity index (χ4n) is 2.52. The number of carbonyl (C=O) groups is 3. The average Bonchev–Trinajstić information content (AvgIpc) is 2.96. The molecule has 1 aromatic carbocycles. The van der Waals surface area contributed by atoms with Gasteiger partial charge in [-0.25, -0.2) is 0 Å². The predicted octanol–water partition coefficient (Wildman–Crippen LogP) is 1.42. The number of nitrogens with zero attached hydrogens (tertiary/aromatic N) is 1. The van der Waals surface area contributed by atoms with Crippen molar-refractivity contribution in [2.45, 2.75) is 26.2 Å². The van der Waals surface area contributed by atoms with E-state index in [1.54, 1.807) is 30.0 Å². The summed E-state index contributed by atoms with van der Waals surface area (Å²) in [7, 11) is 0. The Hall–Kier alpha value is -2.57. The van der Waals surface area contributed by atoms with Crippen LogP contribution in [0.25, 0.3) is 0 Å². The maximum atomic E-state index is 11.8. The first-order valence-electron chi connectivity index (χ1n) is 7.97. The Labute approximate surface area is 140 Å². The highest BCUT2D eigenvalue weighted by molar-refractivity contribution is 5.95. The van der Waals surface area contributed by atoms with Crippen molar-refractivity contribution in [3.8, 4) is 5.75 Å². The summed E-state index contributed by atoms with van der Waals surface area (Å²) in [5.74, 6) is -0.731. The summed E-state index contributed by atoms with van der Waals surface area (Å²) in [5, 5.41) is 11.3. The van der Waals surface area contributed by atoms with Crippen LogP contribution in [-0.4, -0.2) is 42.6 Å². The molecule has 7 nitrogen and oxygen atoms in total. The number of rotatable bonds is 8. The molecule has 2 rings (SSSR count). The lowest BCUT2D eigenvalue weighted by molar-refractivity contribution is -0.138. The summed E-state index contributed by atoms with van der Waals surface area (Å²) in [4.78, 5) is 35.8. The highest BCUT2D eigenvalue weighted by Gasteiger charge is 2.21. The lowest BCUT2D eigenvalue weighted by Crippen LogP contribution is -2.33. The molecule has 0 spiro atoms. The van der Waals surface area contributed by atoms with Crippen LogP contribution in [0, 0.1) is 5.92 Å². The van der Waals surface area contributed by atoms with Gasteiger partial charge in [-0.15, -0.1) is 0 Å². The zero-order chi connectivity index (χ0) is 17.5. The molecule has 2 N–H and O–H groups in total. The standard InChI is InChI=1S/C17H22N2O5/c1-12(8-17(22)23)10-18-15(20)11-24-14-5-2-4-13(9-14)19-7-3-6-16(19)21/h2,4-5,9,12H,3,6-8,10-11H2,1H3,(H,18,20)(H,22,23). The number of ether oxygens (including phenoxy) is 1. The van der Waals surface area contributed by atoms with Gasteiger partial charge in [-0.1, -0.05) is 13.0 Å². The van der Waals surface area contributed by atoms with Crippen LogP contribution in [-0.2, 0) is 14.4 Å². The average molecular weight is 334 g/mol. The van der Waals surface area contributed by atoms with Crippen molar-refractivity contribution in [3.63, 3.8) is 0 Å². The Morgan fingerprint density at radius 3 is 2.88 bits per heavy atom. The number of nitrogens with one attached hydrogen (secondary N) is 1. The molecule has 1 aliphatic heterocycles. The Bertz CT molecular complexity index is 617. The molecule has 1 unspecified atom stereocenters. The van der Waals surface area contributed by atoms with Gasteiger partial charge in [0, 0.05) is 37.7 Å². The van der Waals surface area contributed by atoms with E-state index in [1.807, 2.05) is 6.07 Å². The summed E-state index contributed by atoms with van der Waals surface area (Å²) in [5.41, 5.74) is 0.769. The van der Waals surface area contributed by atoms with Gasteiger partial charge in [-0.3, -0.25) is 14.4 Å². The minimum absolute atomic E-state index is 0.00699. The number of carboxylic acid groups (broad SMARTS) is 1. The van der Waals surface area contributed by atoms with Gasteiger partial charge in [0.15, 0.2) is 6.61 Å². The third kappa shape index (κ3) is 5.26. The molecule has 7 heteroatoms. The normalized spacial score (nSPS) is 15.2. The molecule has 1 heterocycles. The minimum Gasteiger partial charge on any atom is -0.484 e. The van der Waals surface area contributed by atoms with E-state index in [0.29, 0.717) is 18.7 Å². The molecule has 1 aromatic rings. The van der Waals surface area contributed by atoms with Crippen LogP contribution < -0.4 is 15.0 Å². The third-order valence-corrected chi connectivity index (χ3v) is 3.74. The van der Waals surface area contributed by atoms with Gasteiger partial charge in [-0.2, -0.15) is 0 Å². The molecule has 130 valence electrons. The van der Waals surface area contributed by atoms with Crippen molar-refractivity contribution in [1.29, 1.82) is 0 Å². The summed E-state index contributed by atoms with van der Waals surface area (Å²) in [6, 6.07) is 7.08. The molecule has 0 aliphatic carbocycles. The lowest BCUT2D eigenvalue weighted by Gasteiger charge is -2.17. The van der Waals surface area contributed by atoms with Crippen molar-refractivity contribution in [2.24, 2.45) is 5.92 Å². The maximum Gasteiger partial charge on any atom is 0.303 e. The van der Waals surface area contributed by atoms with Crippen molar-refractivity contribution >= 4 is 23.5 Å². The highest BCUT2D eigenvalue weighted by atomic mass is 16.5. The van der Waals surface area contributed by atoms with Crippen molar-refractivity contribution in [2.75, 3.05) is 24.6 Å². The van der Waals surface area contributed by atoms with E-state index < -0.39 is 5.97 Å². The fraction of sp³-hybridized carbons (Fsp3) is 0.471. The summed E-state index contributed by atoms with van der Waals surface area (Å²) in [6.45, 7) is 2.59. The number of aliphatic carboxylic acids is 1. The van der Waals surface area contributed by atoms with E-state index in [0.717, 1.165) is 12.1 Å². The Balaban J connectivity index is 1.80. The van der Waals surface area contributed by atoms with Crippen molar-refractivity contribution < 1.29 is 24.2 Å². The first kappa shape index (κ1) is 17.8. The van der Waals surface area contributed by atoms with Gasteiger partial charge >= 0.3 is 5.97 Å². The maximum absolute atomic E-state index is 11.8. The summed E-state index contributed by atoms with van der Waals surface area (Å²) in [6.07, 6.45) is 1.41. The Morgan fingerprint density at radius 1 is 1.42 bits per heavy atom. The van der Waals surface area contributed by atoms with Gasteiger partial charge in [0.2, 0.25) is 5.91 Å². The topological polar surface area (TPSA) is 95.9 Å². The molecule has 1 aliphatic rings. The quantitative estimate of drug-likeness (QED) is 0.749. The molecule has 0 saturated carbocycles. The van der Waals surface area contributed by atoms with E-state index in [9.17, 15) is 14.4 Å². The van der Waals surface area contributed by atoms with E-state index in [1.165, 1.54) is 0 Å². The van der Waals surface area contributed by atoms with Crippen LogP contribution in [0.5, 0.6) is 5.75 Å². The zero-order valence-electron chi connectivity index (χ0n) is 13.7. The highest BCUT2D eigenvalue weighted by Crippen LogP contribution is 2.25. The Kier molecular flexibility index (Phi) is 6.17. The molecule has 0 bridgehead atoms. The van der Waals surface area contributed by atoms with Gasteiger partial charge in [0.25, 0.3) is 5.91 Å². The lowest BCUT2D eigenvalue weighted by atomic mass is 10.1. The molecule has 1 atom stereocenters. The predicted molar refractivity (Wildman–Crippen MR) is 88.0 cm³/mol. The van der Waals surface area contributed by atoms with Crippen LogP contribution in [0.4, 0.5) is 5.69 Å². The second-order valence-electron chi connectivity index (χ2n) is 5.94. The Morgan fingerprint density at radius 2 is 2.21 bits per heavy atom. The molecule has 2 amide bonds. The minimum atomic E-state index is -0.888. The first-order chi connectivity index (χ1) is 11.5. The van der Waals surface area contributed by atoms with Crippen LogP contribution in [0.15, 0.2) is 24.3 Å². The SMILES string of the molecule is CC(CNC(=O)COc1cccc(N2CCCC2=O)c1)CC(=O)O. The molecule has 1 saturated heterocycles. The van der Waals surface area contributed by atoms with Crippen LogP contribution in [0.3, 0.4) is 0 Å². The molecular weight excluding hydrogens is 312 g/mol. The van der Waals surface area contributed by atoms with Crippen LogP contribution in [0.1, 0.15) is 26.2 Å². The van der Waals surface area contributed by atoms with Gasteiger partial charge in [0.05, 0.1) is 0 Å². The number of carboxylic acids is 1. The fourth-order valence-corrected chi connectivity index (χ4v) is 2.52. The monoisotopic (exact) mass is 334 g/mol. The first-order valence-corrected chi connectivity index (χ1v) is 7.97. The molecule has 24 heavy (non-hydrogen) atoms. The molecule has 1 fully saturated rings. The van der Waals surface area contributed by atoms with Gasteiger partial charge in [-0.05, 0) is 24.5 Å². The van der Waals surface area contributed by atoms with E-state index >= 15 is 0 Å². The van der Waals surface area contributed by atoms with E-state index in [4.69, 9.17) is 9.84 Å². The third-order valence-electron chi connectivity index (χ3n) is 3.74. The second kappa shape index (κ2) is 8.33. The van der Waals surface area contributed by atoms with E-state index in [2.05, 4.69) is 5.32 Å². The second-order valence-corrected chi connectivity index (χ2v) is 5.94. The number of hydrogen-bond donors (Lipinski definition) is 2. The smallest absolute Gasteiger partial charge is 0.303 e. The number of hydrogen-bond acceptors (Lipinski definition) is 4. The zero-order valence-corrected chi connectivity index (χ0v) is 13.7. The van der Waals surface area contributed by atoms with E-state index in [-0.39, 0.29) is 37.3 Å². The van der Waals surface area contributed by atoms with Crippen molar-refractivity contribution in [3.05, 3.63) is 24.3 Å². The molecular formula is C17H22N2O5. The van der Waals surface area contributed by atoms with Gasteiger partial charge in [0.1, 0.15) is 5.75 Å². The number of benzene rings is 1. The van der Waals surface area contributed by atoms with Crippen LogP contribution >= 0.6 is 0 Å². The molecule has 0 radical (unpaired) electrons. The summed E-state index contributed by atoms with van der Waals surface area (Å²) >= 11 is 0. The molecule has 0 aromatic heterocycles. The van der Waals surface area contributed by atoms with Crippen molar-refractivity contribution in [1.82, 2.24) is 5.32 Å².